The van der Waals surface area contributed by atoms with Gasteiger partial charge in [0.15, 0.2) is 0 Å². The number of pyridine rings is 1. The summed E-state index contributed by atoms with van der Waals surface area (Å²) in [5, 5.41) is 11.7. The van der Waals surface area contributed by atoms with Gasteiger partial charge >= 0.3 is 0 Å². The Bertz CT molecular complexity index is 950. The van der Waals surface area contributed by atoms with Gasteiger partial charge < -0.3 is 15.1 Å². The third kappa shape index (κ3) is 3.66. The highest BCUT2D eigenvalue weighted by Gasteiger charge is 2.31. The Hall–Kier alpha value is -3.05. The Morgan fingerprint density at radius 1 is 1.21 bits per heavy atom. The van der Waals surface area contributed by atoms with E-state index in [0.717, 1.165) is 10.6 Å². The summed E-state index contributed by atoms with van der Waals surface area (Å²) in [7, 11) is 0. The van der Waals surface area contributed by atoms with Crippen LogP contribution in [-0.2, 0) is 9.59 Å². The molecule has 2 aliphatic rings. The Labute approximate surface area is 167 Å². The lowest BCUT2D eigenvalue weighted by atomic mass is 10.2. The summed E-state index contributed by atoms with van der Waals surface area (Å²) in [5.74, 6) is 0.520. The van der Waals surface area contributed by atoms with E-state index >= 15 is 0 Å². The molecule has 4 rings (SSSR count). The van der Waals surface area contributed by atoms with Crippen LogP contribution in [0, 0.1) is 11.3 Å². The Balaban J connectivity index is 1.36. The van der Waals surface area contributed by atoms with Crippen molar-refractivity contribution in [1.82, 2.24) is 9.88 Å². The largest absolute Gasteiger partial charge is 0.352 e. The number of para-hydroxylation sites is 1. The van der Waals surface area contributed by atoms with Gasteiger partial charge in [-0.15, -0.1) is 11.8 Å². The van der Waals surface area contributed by atoms with E-state index in [1.54, 1.807) is 23.2 Å². The molecule has 1 atom stereocenters. The van der Waals surface area contributed by atoms with Gasteiger partial charge in [-0.2, -0.15) is 5.26 Å². The van der Waals surface area contributed by atoms with Crippen molar-refractivity contribution >= 4 is 35.1 Å². The number of hydrogen-bond donors (Lipinski definition) is 1. The first kappa shape index (κ1) is 18.3. The molecule has 1 aromatic heterocycles. The minimum atomic E-state index is -0.415. The van der Waals surface area contributed by atoms with Crippen LogP contribution in [0.3, 0.4) is 0 Å². The normalized spacial score (nSPS) is 18.8. The zero-order valence-electron chi connectivity index (χ0n) is 15.2. The van der Waals surface area contributed by atoms with Crippen LogP contribution < -0.4 is 10.2 Å². The number of nitriles is 1. The predicted molar refractivity (Wildman–Crippen MR) is 107 cm³/mol. The maximum Gasteiger partial charge on any atom is 0.238 e. The summed E-state index contributed by atoms with van der Waals surface area (Å²) in [6.07, 6.45) is 1.85. The predicted octanol–water partition coefficient (Wildman–Crippen LogP) is 2.10. The fraction of sp³-hybridized carbons (Fsp3) is 0.300. The first-order valence-corrected chi connectivity index (χ1v) is 9.98. The Morgan fingerprint density at radius 2 is 2.00 bits per heavy atom. The van der Waals surface area contributed by atoms with E-state index in [9.17, 15) is 14.9 Å². The summed E-state index contributed by atoms with van der Waals surface area (Å²) in [6.45, 7) is 2.33. The number of carbonyl (C=O) groups excluding carboxylic acids is 2. The minimum absolute atomic E-state index is 0.0202. The number of aromatic nitrogens is 1. The van der Waals surface area contributed by atoms with Crippen molar-refractivity contribution in [2.45, 2.75) is 16.6 Å². The summed E-state index contributed by atoms with van der Waals surface area (Å²) in [4.78, 5) is 34.2. The second-order valence-electron chi connectivity index (χ2n) is 6.65. The molecular formula is C20H19N5O2S. The van der Waals surface area contributed by atoms with Gasteiger partial charge in [0.2, 0.25) is 11.8 Å². The molecule has 0 radical (unpaired) electrons. The van der Waals surface area contributed by atoms with Gasteiger partial charge in [-0.25, -0.2) is 4.98 Å². The van der Waals surface area contributed by atoms with Crippen LogP contribution >= 0.6 is 11.8 Å². The molecule has 1 fully saturated rings. The fourth-order valence-electron chi connectivity index (χ4n) is 3.42. The van der Waals surface area contributed by atoms with E-state index < -0.39 is 5.25 Å². The SMILES string of the molecule is N#Cc1cccnc1N1CCN(C(=O)CC2Sc3ccccc3NC2=O)CC1. The monoisotopic (exact) mass is 393 g/mol. The highest BCUT2D eigenvalue weighted by Crippen LogP contribution is 2.36. The van der Waals surface area contributed by atoms with Crippen LogP contribution in [0.1, 0.15) is 12.0 Å². The van der Waals surface area contributed by atoms with Crippen LogP contribution in [0.4, 0.5) is 11.5 Å². The van der Waals surface area contributed by atoms with Crippen LogP contribution in [0.2, 0.25) is 0 Å². The highest BCUT2D eigenvalue weighted by molar-refractivity contribution is 8.01. The molecule has 1 aromatic carbocycles. The maximum atomic E-state index is 12.7. The number of nitrogens with one attached hydrogen (secondary N) is 1. The standard InChI is InChI=1S/C20H19N5O2S/c21-13-14-4-3-7-22-19(14)25-10-8-24(9-11-25)18(26)12-17-20(27)23-15-5-1-2-6-16(15)28-17/h1-7,17H,8-12H2,(H,23,27). The first-order valence-electron chi connectivity index (χ1n) is 9.10. The third-order valence-corrected chi connectivity index (χ3v) is 6.18. The average molecular weight is 393 g/mol. The van der Waals surface area contributed by atoms with Gasteiger partial charge in [-0.1, -0.05) is 12.1 Å². The molecule has 2 amide bonds. The van der Waals surface area contributed by atoms with Gasteiger partial charge in [0.1, 0.15) is 11.9 Å². The second-order valence-corrected chi connectivity index (χ2v) is 7.89. The highest BCUT2D eigenvalue weighted by atomic mass is 32.2. The summed E-state index contributed by atoms with van der Waals surface area (Å²) < 4.78 is 0. The number of benzene rings is 1. The van der Waals surface area contributed by atoms with Crippen molar-refractivity contribution in [2.75, 3.05) is 36.4 Å². The van der Waals surface area contributed by atoms with Gasteiger partial charge in [-0.05, 0) is 24.3 Å². The van der Waals surface area contributed by atoms with Gasteiger partial charge in [0, 0.05) is 43.7 Å². The van der Waals surface area contributed by atoms with E-state index in [-0.39, 0.29) is 18.2 Å². The molecule has 0 saturated carbocycles. The molecule has 1 N–H and O–H groups in total. The van der Waals surface area contributed by atoms with E-state index in [2.05, 4.69) is 16.4 Å². The minimum Gasteiger partial charge on any atom is -0.352 e. The number of piperazine rings is 1. The molecular weight excluding hydrogens is 374 g/mol. The lowest BCUT2D eigenvalue weighted by Crippen LogP contribution is -2.50. The first-order chi connectivity index (χ1) is 13.7. The summed E-state index contributed by atoms with van der Waals surface area (Å²) >= 11 is 1.44. The van der Waals surface area contributed by atoms with Crippen molar-refractivity contribution in [3.63, 3.8) is 0 Å². The van der Waals surface area contributed by atoms with E-state index in [1.165, 1.54) is 11.8 Å². The molecule has 0 bridgehead atoms. The lowest BCUT2D eigenvalue weighted by molar-refractivity contribution is -0.132. The van der Waals surface area contributed by atoms with Crippen LogP contribution in [0.25, 0.3) is 0 Å². The zero-order valence-corrected chi connectivity index (χ0v) is 16.0. The topological polar surface area (TPSA) is 89.3 Å². The molecule has 142 valence electrons. The van der Waals surface area contributed by atoms with E-state index in [4.69, 9.17) is 0 Å². The lowest BCUT2D eigenvalue weighted by Gasteiger charge is -2.36. The van der Waals surface area contributed by atoms with Crippen LogP contribution in [0.15, 0.2) is 47.5 Å². The number of fused-ring (bicyclic) bond motifs is 1. The van der Waals surface area contributed by atoms with E-state index in [0.29, 0.717) is 37.6 Å². The molecule has 2 aromatic rings. The second kappa shape index (κ2) is 7.90. The molecule has 8 heteroatoms. The van der Waals surface area contributed by atoms with Crippen LogP contribution in [-0.4, -0.2) is 53.1 Å². The molecule has 2 aliphatic heterocycles. The fourth-order valence-corrected chi connectivity index (χ4v) is 4.52. The maximum absolute atomic E-state index is 12.7. The number of anilines is 2. The van der Waals surface area contributed by atoms with Gasteiger partial charge in [0.05, 0.1) is 16.5 Å². The Morgan fingerprint density at radius 3 is 2.79 bits per heavy atom. The average Bonchev–Trinajstić information content (AvgIpc) is 2.74. The molecule has 7 nitrogen and oxygen atoms in total. The van der Waals surface area contributed by atoms with Gasteiger partial charge in [0.25, 0.3) is 0 Å². The molecule has 3 heterocycles. The smallest absolute Gasteiger partial charge is 0.238 e. The molecule has 1 saturated heterocycles. The number of hydrogen-bond acceptors (Lipinski definition) is 6. The van der Waals surface area contributed by atoms with Crippen LogP contribution in [0.5, 0.6) is 0 Å². The molecule has 1 unspecified atom stereocenters. The molecule has 0 aliphatic carbocycles. The number of thioether (sulfide) groups is 1. The number of nitrogens with zero attached hydrogens (tertiary/aromatic N) is 4. The summed E-state index contributed by atoms with van der Waals surface area (Å²) in [5.41, 5.74) is 1.34. The zero-order chi connectivity index (χ0) is 19.5. The van der Waals surface area contributed by atoms with Crippen molar-refractivity contribution in [3.8, 4) is 6.07 Å². The number of rotatable bonds is 3. The van der Waals surface area contributed by atoms with Gasteiger partial charge in [-0.3, -0.25) is 9.59 Å². The molecule has 28 heavy (non-hydrogen) atoms. The number of carbonyl (C=O) groups is 2. The summed E-state index contributed by atoms with van der Waals surface area (Å²) in [6, 6.07) is 13.3. The Kier molecular flexibility index (Phi) is 5.17. The van der Waals surface area contributed by atoms with Crippen molar-refractivity contribution < 1.29 is 9.59 Å². The third-order valence-electron chi connectivity index (χ3n) is 4.91. The van der Waals surface area contributed by atoms with E-state index in [1.807, 2.05) is 29.2 Å². The van der Waals surface area contributed by atoms with Crippen molar-refractivity contribution in [3.05, 3.63) is 48.2 Å². The van der Waals surface area contributed by atoms with Crippen molar-refractivity contribution in [1.29, 1.82) is 5.26 Å². The van der Waals surface area contributed by atoms with Crippen molar-refractivity contribution in [2.24, 2.45) is 0 Å². The number of amides is 2. The quantitative estimate of drug-likeness (QED) is 0.859. The molecule has 0 spiro atoms.